The number of rotatable bonds is 5. The van der Waals surface area contributed by atoms with E-state index in [9.17, 15) is 9.59 Å². The summed E-state index contributed by atoms with van der Waals surface area (Å²) in [4.78, 5) is 24.5. The molecule has 0 unspecified atom stereocenters. The van der Waals surface area contributed by atoms with E-state index >= 15 is 0 Å². The molecule has 2 rings (SSSR count). The Kier molecular flexibility index (Phi) is 5.03. The van der Waals surface area contributed by atoms with Crippen molar-refractivity contribution >= 4 is 23.6 Å². The molecule has 1 aliphatic rings. The second-order valence-corrected chi connectivity index (χ2v) is 4.97. The lowest BCUT2D eigenvalue weighted by molar-refractivity contribution is -0.147. The molecule has 4 nitrogen and oxygen atoms in total. The van der Waals surface area contributed by atoms with Crippen LogP contribution in [0.5, 0.6) is 0 Å². The minimum atomic E-state index is -0.374. The number of ether oxygens (including phenoxy) is 1. The van der Waals surface area contributed by atoms with E-state index in [2.05, 4.69) is 0 Å². The third kappa shape index (κ3) is 4.44. The summed E-state index contributed by atoms with van der Waals surface area (Å²) in [6.07, 6.45) is 2.31. The SMILES string of the molecule is O=C(CN1C=CSCC1=O)OCCc1ccccc1. The van der Waals surface area contributed by atoms with Gasteiger partial charge >= 0.3 is 5.97 Å². The first-order valence-corrected chi connectivity index (χ1v) is 7.08. The van der Waals surface area contributed by atoms with Crippen molar-refractivity contribution in [3.05, 3.63) is 47.5 Å². The number of amides is 1. The van der Waals surface area contributed by atoms with Gasteiger partial charge in [-0.25, -0.2) is 0 Å². The Hall–Kier alpha value is -1.75. The largest absolute Gasteiger partial charge is 0.464 e. The van der Waals surface area contributed by atoms with Gasteiger partial charge in [0.25, 0.3) is 0 Å². The number of esters is 1. The zero-order chi connectivity index (χ0) is 13.5. The van der Waals surface area contributed by atoms with Crippen LogP contribution < -0.4 is 0 Å². The molecule has 0 atom stereocenters. The Morgan fingerprint density at radius 1 is 1.32 bits per heavy atom. The van der Waals surface area contributed by atoms with Gasteiger partial charge in [-0.15, -0.1) is 11.8 Å². The Balaban J connectivity index is 1.71. The highest BCUT2D eigenvalue weighted by Crippen LogP contribution is 2.12. The molecule has 19 heavy (non-hydrogen) atoms. The monoisotopic (exact) mass is 277 g/mol. The molecular weight excluding hydrogens is 262 g/mol. The second-order valence-electron chi connectivity index (χ2n) is 4.07. The number of thioether (sulfide) groups is 1. The van der Waals surface area contributed by atoms with E-state index in [0.29, 0.717) is 18.8 Å². The van der Waals surface area contributed by atoms with Crippen LogP contribution in [-0.4, -0.2) is 35.7 Å². The van der Waals surface area contributed by atoms with Crippen molar-refractivity contribution in [2.45, 2.75) is 6.42 Å². The van der Waals surface area contributed by atoms with Gasteiger partial charge in [0.15, 0.2) is 0 Å². The molecule has 0 bridgehead atoms. The van der Waals surface area contributed by atoms with Crippen LogP contribution in [0.25, 0.3) is 0 Å². The number of carbonyl (C=O) groups is 2. The molecule has 0 spiro atoms. The fraction of sp³-hybridized carbons (Fsp3) is 0.286. The molecule has 100 valence electrons. The molecule has 0 aromatic heterocycles. The zero-order valence-electron chi connectivity index (χ0n) is 10.5. The minimum absolute atomic E-state index is 0.00924. The average molecular weight is 277 g/mol. The molecule has 5 heteroatoms. The summed E-state index contributed by atoms with van der Waals surface area (Å²) in [6.45, 7) is 0.327. The van der Waals surface area contributed by atoms with E-state index in [1.165, 1.54) is 16.7 Å². The number of carbonyl (C=O) groups excluding carboxylic acids is 2. The topological polar surface area (TPSA) is 46.6 Å². The average Bonchev–Trinajstić information content (AvgIpc) is 2.43. The van der Waals surface area contributed by atoms with E-state index in [1.54, 1.807) is 11.6 Å². The van der Waals surface area contributed by atoms with Gasteiger partial charge in [-0.1, -0.05) is 30.3 Å². The Morgan fingerprint density at radius 2 is 2.11 bits per heavy atom. The fourth-order valence-electron chi connectivity index (χ4n) is 1.65. The predicted molar refractivity (Wildman–Crippen MR) is 74.4 cm³/mol. The van der Waals surface area contributed by atoms with E-state index in [4.69, 9.17) is 4.74 Å². The molecule has 1 amide bonds. The first-order valence-electron chi connectivity index (χ1n) is 6.03. The van der Waals surface area contributed by atoms with E-state index in [0.717, 1.165) is 5.56 Å². The molecule has 0 fully saturated rings. The third-order valence-corrected chi connectivity index (χ3v) is 3.39. The number of hydrogen-bond donors (Lipinski definition) is 0. The minimum Gasteiger partial charge on any atom is -0.464 e. The lowest BCUT2D eigenvalue weighted by atomic mass is 10.2. The fourth-order valence-corrected chi connectivity index (χ4v) is 2.29. The first kappa shape index (κ1) is 13.7. The van der Waals surface area contributed by atoms with Gasteiger partial charge < -0.3 is 9.64 Å². The van der Waals surface area contributed by atoms with Crippen molar-refractivity contribution in [1.29, 1.82) is 0 Å². The highest BCUT2D eigenvalue weighted by atomic mass is 32.2. The van der Waals surface area contributed by atoms with Gasteiger partial charge in [0.1, 0.15) is 6.54 Å². The molecule has 0 aliphatic carbocycles. The van der Waals surface area contributed by atoms with Crippen molar-refractivity contribution < 1.29 is 14.3 Å². The zero-order valence-corrected chi connectivity index (χ0v) is 11.3. The van der Waals surface area contributed by atoms with Gasteiger partial charge in [-0.05, 0) is 11.0 Å². The quantitative estimate of drug-likeness (QED) is 0.770. The lowest BCUT2D eigenvalue weighted by Gasteiger charge is -2.19. The van der Waals surface area contributed by atoms with Crippen LogP contribution >= 0.6 is 11.8 Å². The summed E-state index contributed by atoms with van der Waals surface area (Å²) in [6, 6.07) is 9.82. The summed E-state index contributed by atoms with van der Waals surface area (Å²) >= 11 is 1.43. The number of hydrogen-bond acceptors (Lipinski definition) is 4. The Morgan fingerprint density at radius 3 is 2.84 bits per heavy atom. The highest BCUT2D eigenvalue weighted by molar-refractivity contribution is 8.02. The molecule has 0 N–H and O–H groups in total. The summed E-state index contributed by atoms with van der Waals surface area (Å²) in [5.74, 6) is -0.0540. The Labute approximate surface area is 116 Å². The molecule has 0 radical (unpaired) electrons. The molecular formula is C14H15NO3S. The van der Waals surface area contributed by atoms with Crippen molar-refractivity contribution in [2.75, 3.05) is 18.9 Å². The van der Waals surface area contributed by atoms with Crippen molar-refractivity contribution in [1.82, 2.24) is 4.90 Å². The van der Waals surface area contributed by atoms with Gasteiger partial charge in [0.05, 0.1) is 12.4 Å². The standard InChI is InChI=1S/C14H15NO3S/c16-13-11-19-9-7-15(13)10-14(17)18-8-6-12-4-2-1-3-5-12/h1-5,7,9H,6,8,10-11H2. The molecule has 0 saturated carbocycles. The molecule has 0 saturated heterocycles. The highest BCUT2D eigenvalue weighted by Gasteiger charge is 2.17. The molecule has 1 aromatic carbocycles. The van der Waals surface area contributed by atoms with E-state index in [1.807, 2.05) is 30.3 Å². The normalized spacial score (nSPS) is 14.5. The molecule has 1 heterocycles. The summed E-state index contributed by atoms with van der Waals surface area (Å²) in [7, 11) is 0. The van der Waals surface area contributed by atoms with Gasteiger partial charge in [-0.2, -0.15) is 0 Å². The maximum Gasteiger partial charge on any atom is 0.326 e. The second kappa shape index (κ2) is 6.99. The maximum atomic E-state index is 11.6. The van der Waals surface area contributed by atoms with Gasteiger partial charge in [0.2, 0.25) is 5.91 Å². The summed E-state index contributed by atoms with van der Waals surface area (Å²) < 4.78 is 5.12. The van der Waals surface area contributed by atoms with Crippen LogP contribution in [0.2, 0.25) is 0 Å². The van der Waals surface area contributed by atoms with Crippen LogP contribution in [0.3, 0.4) is 0 Å². The van der Waals surface area contributed by atoms with Gasteiger partial charge in [-0.3, -0.25) is 9.59 Å². The van der Waals surface area contributed by atoms with Crippen molar-refractivity contribution in [3.63, 3.8) is 0 Å². The number of nitrogens with zero attached hydrogens (tertiary/aromatic N) is 1. The molecule has 1 aliphatic heterocycles. The molecule has 1 aromatic rings. The van der Waals surface area contributed by atoms with Gasteiger partial charge in [0, 0.05) is 12.6 Å². The van der Waals surface area contributed by atoms with Crippen molar-refractivity contribution in [3.8, 4) is 0 Å². The van der Waals surface area contributed by atoms with Crippen LogP contribution in [0, 0.1) is 0 Å². The van der Waals surface area contributed by atoms with Crippen LogP contribution in [0.15, 0.2) is 41.9 Å². The first-order chi connectivity index (χ1) is 9.25. The smallest absolute Gasteiger partial charge is 0.326 e. The number of benzene rings is 1. The van der Waals surface area contributed by atoms with Crippen LogP contribution in [0.4, 0.5) is 0 Å². The maximum absolute atomic E-state index is 11.6. The van der Waals surface area contributed by atoms with E-state index < -0.39 is 0 Å². The Bertz CT molecular complexity index is 473. The predicted octanol–water partition coefficient (Wildman–Crippen LogP) is 1.82. The van der Waals surface area contributed by atoms with E-state index in [-0.39, 0.29) is 18.4 Å². The van der Waals surface area contributed by atoms with Crippen molar-refractivity contribution in [2.24, 2.45) is 0 Å². The summed E-state index contributed by atoms with van der Waals surface area (Å²) in [5, 5.41) is 1.80. The van der Waals surface area contributed by atoms with Crippen LogP contribution in [-0.2, 0) is 20.7 Å². The third-order valence-electron chi connectivity index (χ3n) is 2.66. The van der Waals surface area contributed by atoms with Crippen LogP contribution in [0.1, 0.15) is 5.56 Å². The summed E-state index contributed by atoms with van der Waals surface area (Å²) in [5.41, 5.74) is 1.13. The lowest BCUT2D eigenvalue weighted by Crippen LogP contribution is -2.34.